The molecule has 0 radical (unpaired) electrons. The highest BCUT2D eigenvalue weighted by atomic mass is 16.5. The van der Waals surface area contributed by atoms with E-state index in [9.17, 15) is 9.59 Å². The number of hydrogen-bond donors (Lipinski definition) is 2. The monoisotopic (exact) mass is 428 g/mol. The van der Waals surface area contributed by atoms with E-state index >= 15 is 0 Å². The summed E-state index contributed by atoms with van der Waals surface area (Å²) in [5.41, 5.74) is 3.98. The lowest BCUT2D eigenvalue weighted by Gasteiger charge is -2.11. The lowest BCUT2D eigenvalue weighted by Crippen LogP contribution is -2.29. The minimum atomic E-state index is -0.389. The van der Waals surface area contributed by atoms with Gasteiger partial charge in [0.1, 0.15) is 11.4 Å². The molecule has 0 bridgehead atoms. The van der Waals surface area contributed by atoms with Gasteiger partial charge < -0.3 is 15.4 Å². The maximum absolute atomic E-state index is 12.8. The molecule has 3 rings (SSSR count). The van der Waals surface area contributed by atoms with Crippen molar-refractivity contribution in [1.29, 1.82) is 0 Å². The lowest BCUT2D eigenvalue weighted by molar-refractivity contribution is -0.120. The van der Waals surface area contributed by atoms with Crippen LogP contribution in [0.15, 0.2) is 84.6 Å². The number of carbonyl (C=O) groups excluding carboxylic acids is 2. The maximum Gasteiger partial charge on any atom is 0.272 e. The fourth-order valence-electron chi connectivity index (χ4n) is 3.20. The van der Waals surface area contributed by atoms with Gasteiger partial charge in [0.2, 0.25) is 5.91 Å². The van der Waals surface area contributed by atoms with Gasteiger partial charge in [-0.2, -0.15) is 0 Å². The van der Waals surface area contributed by atoms with E-state index in [1.165, 1.54) is 12.5 Å². The van der Waals surface area contributed by atoms with Crippen molar-refractivity contribution in [2.24, 2.45) is 0 Å². The number of aryl methyl sites for hydroxylation is 2. The fraction of sp³-hybridized carbons (Fsp3) is 0.185. The van der Waals surface area contributed by atoms with Crippen LogP contribution in [0.3, 0.4) is 0 Å². The Hall–Kier alpha value is -3.86. The van der Waals surface area contributed by atoms with Crippen molar-refractivity contribution < 1.29 is 14.3 Å². The fourth-order valence-corrected chi connectivity index (χ4v) is 3.20. The second-order valence-corrected chi connectivity index (χ2v) is 7.51. The molecule has 0 atom stereocenters. The zero-order chi connectivity index (χ0) is 22.8. The summed E-state index contributed by atoms with van der Waals surface area (Å²) in [4.78, 5) is 24.4. The van der Waals surface area contributed by atoms with Gasteiger partial charge in [-0.05, 0) is 66.8 Å². The average Bonchev–Trinajstić information content (AvgIpc) is 2.79. The third kappa shape index (κ3) is 7.13. The van der Waals surface area contributed by atoms with Crippen molar-refractivity contribution in [2.45, 2.75) is 26.7 Å². The van der Waals surface area contributed by atoms with E-state index in [1.54, 1.807) is 18.2 Å². The van der Waals surface area contributed by atoms with Gasteiger partial charge in [-0.1, -0.05) is 54.6 Å². The normalized spacial score (nSPS) is 11.0. The first-order valence-corrected chi connectivity index (χ1v) is 10.6. The van der Waals surface area contributed by atoms with E-state index in [4.69, 9.17) is 4.74 Å². The van der Waals surface area contributed by atoms with Crippen LogP contribution in [-0.2, 0) is 16.0 Å². The number of carbonyl (C=O) groups is 2. The van der Waals surface area contributed by atoms with Gasteiger partial charge in [0.05, 0.1) is 6.61 Å². The van der Waals surface area contributed by atoms with Crippen LogP contribution in [0.25, 0.3) is 6.08 Å². The first-order valence-electron chi connectivity index (χ1n) is 10.6. The molecule has 2 amide bonds. The number of anilines is 1. The molecule has 0 fully saturated rings. The van der Waals surface area contributed by atoms with Crippen LogP contribution in [0.1, 0.15) is 30.0 Å². The zero-order valence-corrected chi connectivity index (χ0v) is 18.4. The van der Waals surface area contributed by atoms with Gasteiger partial charge in [-0.25, -0.2) is 0 Å². The molecule has 0 aliphatic heterocycles. The van der Waals surface area contributed by atoms with Gasteiger partial charge in [0.25, 0.3) is 5.91 Å². The topological polar surface area (TPSA) is 67.4 Å². The molecule has 0 aromatic heterocycles. The molecule has 0 spiro atoms. The van der Waals surface area contributed by atoms with Gasteiger partial charge in [-0.15, -0.1) is 0 Å². The molecule has 0 aliphatic carbocycles. The molecule has 0 heterocycles. The summed E-state index contributed by atoms with van der Waals surface area (Å²) in [5, 5.41) is 5.45. The maximum atomic E-state index is 12.8. The zero-order valence-electron chi connectivity index (χ0n) is 18.4. The van der Waals surface area contributed by atoms with Gasteiger partial charge in [0, 0.05) is 12.6 Å². The van der Waals surface area contributed by atoms with E-state index in [0.29, 0.717) is 12.3 Å². The van der Waals surface area contributed by atoms with Crippen LogP contribution in [0.5, 0.6) is 5.75 Å². The van der Waals surface area contributed by atoms with Crippen LogP contribution in [0.4, 0.5) is 5.69 Å². The summed E-state index contributed by atoms with van der Waals surface area (Å²) >= 11 is 0. The molecule has 164 valence electrons. The standard InChI is InChI=1S/C27H28N2O3/c1-20-9-6-7-13-23(20)19-26(28-21(2)30)27(31)29-24-14-16-25(17-15-24)32-18-8-12-22-10-4-3-5-11-22/h3-7,9-11,13-17,19H,8,12,18H2,1-2H3,(H,28,30)(H,29,31)/b26-19-. The SMILES string of the molecule is CC(=O)N/C(=C\c1ccccc1C)C(=O)Nc1ccc(OCCCc2ccccc2)cc1. The van der Waals surface area contributed by atoms with Crippen LogP contribution in [0.2, 0.25) is 0 Å². The van der Waals surface area contributed by atoms with Crippen molar-refractivity contribution in [3.63, 3.8) is 0 Å². The highest BCUT2D eigenvalue weighted by Gasteiger charge is 2.12. The molecule has 0 saturated carbocycles. The van der Waals surface area contributed by atoms with E-state index in [0.717, 1.165) is 29.7 Å². The van der Waals surface area contributed by atoms with Crippen molar-refractivity contribution >= 4 is 23.6 Å². The van der Waals surface area contributed by atoms with E-state index < -0.39 is 0 Å². The molecule has 5 heteroatoms. The van der Waals surface area contributed by atoms with Crippen molar-refractivity contribution in [2.75, 3.05) is 11.9 Å². The Kier molecular flexibility index (Phi) is 8.21. The smallest absolute Gasteiger partial charge is 0.272 e. The first-order chi connectivity index (χ1) is 15.5. The molecular weight excluding hydrogens is 400 g/mol. The second kappa shape index (κ2) is 11.5. The molecule has 0 saturated heterocycles. The van der Waals surface area contributed by atoms with E-state index in [1.807, 2.05) is 61.5 Å². The summed E-state index contributed by atoms with van der Waals surface area (Å²) in [5.74, 6) is 0.0489. The van der Waals surface area contributed by atoms with Crippen LogP contribution in [-0.4, -0.2) is 18.4 Å². The highest BCUT2D eigenvalue weighted by Crippen LogP contribution is 2.18. The summed E-state index contributed by atoms with van der Waals surface area (Å²) in [6.45, 7) is 3.95. The molecule has 2 N–H and O–H groups in total. The number of amides is 2. The van der Waals surface area contributed by atoms with Gasteiger partial charge >= 0.3 is 0 Å². The number of rotatable bonds is 9. The number of benzene rings is 3. The first kappa shape index (κ1) is 22.8. The van der Waals surface area contributed by atoms with Crippen LogP contribution >= 0.6 is 0 Å². The molecular formula is C27H28N2O3. The van der Waals surface area contributed by atoms with Crippen molar-refractivity contribution in [3.8, 4) is 5.75 Å². The summed E-state index contributed by atoms with van der Waals surface area (Å²) in [6.07, 6.45) is 3.57. The number of nitrogens with one attached hydrogen (secondary N) is 2. The molecule has 0 aliphatic rings. The molecule has 3 aromatic rings. The minimum Gasteiger partial charge on any atom is -0.494 e. The van der Waals surface area contributed by atoms with Gasteiger partial charge in [-0.3, -0.25) is 9.59 Å². The molecule has 3 aromatic carbocycles. The molecule has 0 unspecified atom stereocenters. The Morgan fingerprint density at radius 2 is 1.59 bits per heavy atom. The van der Waals surface area contributed by atoms with Crippen LogP contribution < -0.4 is 15.4 Å². The third-order valence-electron chi connectivity index (χ3n) is 4.88. The molecule has 5 nitrogen and oxygen atoms in total. The summed E-state index contributed by atoms with van der Waals surface area (Å²) < 4.78 is 5.80. The van der Waals surface area contributed by atoms with Gasteiger partial charge in [0.15, 0.2) is 0 Å². The van der Waals surface area contributed by atoms with Crippen molar-refractivity contribution in [1.82, 2.24) is 5.32 Å². The summed E-state index contributed by atoms with van der Waals surface area (Å²) in [6, 6.07) is 25.2. The quantitative estimate of drug-likeness (QED) is 0.367. The Bertz CT molecular complexity index is 1070. The van der Waals surface area contributed by atoms with E-state index in [2.05, 4.69) is 22.8 Å². The highest BCUT2D eigenvalue weighted by molar-refractivity contribution is 6.08. The third-order valence-corrected chi connectivity index (χ3v) is 4.88. The Labute approximate surface area is 189 Å². The molecule has 32 heavy (non-hydrogen) atoms. The second-order valence-electron chi connectivity index (χ2n) is 7.51. The minimum absolute atomic E-state index is 0.188. The van der Waals surface area contributed by atoms with Crippen molar-refractivity contribution in [3.05, 3.63) is 101 Å². The predicted molar refractivity (Wildman–Crippen MR) is 128 cm³/mol. The average molecular weight is 429 g/mol. The number of ether oxygens (including phenoxy) is 1. The number of hydrogen-bond acceptors (Lipinski definition) is 3. The predicted octanol–water partition coefficient (Wildman–Crippen LogP) is 5.12. The Morgan fingerprint density at radius 3 is 2.28 bits per heavy atom. The summed E-state index contributed by atoms with van der Waals surface area (Å²) in [7, 11) is 0. The van der Waals surface area contributed by atoms with Crippen LogP contribution in [0, 0.1) is 6.92 Å². The van der Waals surface area contributed by atoms with E-state index in [-0.39, 0.29) is 17.5 Å². The Morgan fingerprint density at radius 1 is 0.906 bits per heavy atom. The largest absolute Gasteiger partial charge is 0.494 e. The Balaban J connectivity index is 1.57. The lowest BCUT2D eigenvalue weighted by atomic mass is 10.1.